The second-order valence-corrected chi connectivity index (χ2v) is 5.03. The molecule has 6 heteroatoms. The van der Waals surface area contributed by atoms with E-state index in [-0.39, 0.29) is 0 Å². The smallest absolute Gasteiger partial charge is 0.153 e. The topological polar surface area (TPSA) is 78.5 Å². The van der Waals surface area contributed by atoms with Crippen LogP contribution in [-0.4, -0.2) is 20.2 Å². The van der Waals surface area contributed by atoms with Crippen LogP contribution in [0.15, 0.2) is 42.7 Å². The van der Waals surface area contributed by atoms with Gasteiger partial charge in [-0.05, 0) is 31.0 Å². The highest BCUT2D eigenvalue weighted by molar-refractivity contribution is 5.59. The quantitative estimate of drug-likeness (QED) is 0.670. The molecule has 0 fully saturated rings. The van der Waals surface area contributed by atoms with Gasteiger partial charge in [0.15, 0.2) is 17.5 Å². The monoisotopic (exact) mass is 294 g/mol. The molecule has 0 aliphatic rings. The lowest BCUT2D eigenvalue weighted by Gasteiger charge is -2.08. The first-order valence-corrected chi connectivity index (χ1v) is 7.20. The lowest BCUT2D eigenvalue weighted by molar-refractivity contribution is 1.05. The molecule has 6 nitrogen and oxygen atoms in total. The van der Waals surface area contributed by atoms with Crippen molar-refractivity contribution in [2.45, 2.75) is 20.3 Å². The van der Waals surface area contributed by atoms with Gasteiger partial charge < -0.3 is 10.6 Å². The Kier molecular flexibility index (Phi) is 4.00. The Labute approximate surface area is 129 Å². The zero-order valence-corrected chi connectivity index (χ0v) is 12.6. The Morgan fingerprint density at radius 2 is 1.73 bits per heavy atom. The van der Waals surface area contributed by atoms with Crippen LogP contribution in [0, 0.1) is 6.92 Å². The summed E-state index contributed by atoms with van der Waals surface area (Å²) >= 11 is 0. The normalized spacial score (nSPS) is 10.5. The summed E-state index contributed by atoms with van der Waals surface area (Å²) in [5.41, 5.74) is 3.28. The molecule has 2 aromatic heterocycles. The highest BCUT2D eigenvalue weighted by atomic mass is 15.2. The molecule has 0 spiro atoms. The van der Waals surface area contributed by atoms with Crippen LogP contribution in [0.2, 0.25) is 0 Å². The fraction of sp³-hybridized carbons (Fsp3) is 0.188. The third-order valence-corrected chi connectivity index (χ3v) is 3.23. The number of nitrogens with one attached hydrogen (secondary N) is 3. The first-order chi connectivity index (χ1) is 10.7. The van der Waals surface area contributed by atoms with Crippen molar-refractivity contribution in [1.82, 2.24) is 20.2 Å². The number of anilines is 4. The van der Waals surface area contributed by atoms with Gasteiger partial charge in [-0.15, -0.1) is 0 Å². The standard InChI is InChI=1S/C16H18N6/c1-3-12-4-6-13(7-5-12)18-15-9-17-10-16(20-15)19-14-8-11(2)21-22-14/h4-10H,3H2,1-2H3,(H3,18,19,20,21,22). The Morgan fingerprint density at radius 1 is 1.00 bits per heavy atom. The van der Waals surface area contributed by atoms with Crippen molar-refractivity contribution >= 4 is 23.1 Å². The lowest BCUT2D eigenvalue weighted by Crippen LogP contribution is -1.99. The third-order valence-electron chi connectivity index (χ3n) is 3.23. The van der Waals surface area contributed by atoms with E-state index in [0.29, 0.717) is 11.6 Å². The van der Waals surface area contributed by atoms with Crippen molar-refractivity contribution < 1.29 is 0 Å². The number of benzene rings is 1. The Morgan fingerprint density at radius 3 is 2.36 bits per heavy atom. The number of hydrogen-bond donors (Lipinski definition) is 3. The minimum atomic E-state index is 0.640. The summed E-state index contributed by atoms with van der Waals surface area (Å²) in [7, 11) is 0. The number of H-pyrrole nitrogens is 1. The molecule has 0 bridgehead atoms. The molecule has 0 aliphatic heterocycles. The predicted molar refractivity (Wildman–Crippen MR) is 87.7 cm³/mol. The molecule has 0 amide bonds. The summed E-state index contributed by atoms with van der Waals surface area (Å²) < 4.78 is 0. The average Bonchev–Trinajstić information content (AvgIpc) is 2.93. The molecule has 0 aliphatic carbocycles. The van der Waals surface area contributed by atoms with Gasteiger partial charge in [0.25, 0.3) is 0 Å². The van der Waals surface area contributed by atoms with E-state index in [1.54, 1.807) is 12.4 Å². The summed E-state index contributed by atoms with van der Waals surface area (Å²) in [6.45, 7) is 4.08. The van der Waals surface area contributed by atoms with Gasteiger partial charge in [-0.1, -0.05) is 19.1 Å². The van der Waals surface area contributed by atoms with E-state index in [1.807, 2.05) is 25.1 Å². The van der Waals surface area contributed by atoms with Gasteiger partial charge in [0.1, 0.15) is 0 Å². The highest BCUT2D eigenvalue weighted by Gasteiger charge is 2.02. The van der Waals surface area contributed by atoms with Gasteiger partial charge in [0.05, 0.1) is 12.4 Å². The molecule has 0 saturated carbocycles. The van der Waals surface area contributed by atoms with Gasteiger partial charge in [-0.25, -0.2) is 4.98 Å². The van der Waals surface area contributed by atoms with Crippen molar-refractivity contribution in [2.75, 3.05) is 10.6 Å². The number of aryl methyl sites for hydroxylation is 2. The van der Waals surface area contributed by atoms with Gasteiger partial charge in [0.2, 0.25) is 0 Å². The molecule has 0 radical (unpaired) electrons. The summed E-state index contributed by atoms with van der Waals surface area (Å²) in [6.07, 6.45) is 4.38. The Balaban J connectivity index is 1.72. The van der Waals surface area contributed by atoms with Crippen molar-refractivity contribution in [3.8, 4) is 0 Å². The van der Waals surface area contributed by atoms with Crippen LogP contribution in [0.1, 0.15) is 18.2 Å². The minimum Gasteiger partial charge on any atom is -0.339 e. The molecule has 2 heterocycles. The molecular formula is C16H18N6. The lowest BCUT2D eigenvalue weighted by atomic mass is 10.1. The van der Waals surface area contributed by atoms with E-state index in [4.69, 9.17) is 0 Å². The molecule has 22 heavy (non-hydrogen) atoms. The SMILES string of the molecule is CCc1ccc(Nc2cncc(Nc3cc(C)[nH]n3)n2)cc1. The van der Waals surface area contributed by atoms with Crippen LogP contribution < -0.4 is 10.6 Å². The van der Waals surface area contributed by atoms with E-state index in [1.165, 1.54) is 5.56 Å². The van der Waals surface area contributed by atoms with Gasteiger partial charge in [0, 0.05) is 17.4 Å². The van der Waals surface area contributed by atoms with Crippen LogP contribution in [0.5, 0.6) is 0 Å². The molecule has 3 aromatic rings. The van der Waals surface area contributed by atoms with Gasteiger partial charge >= 0.3 is 0 Å². The largest absolute Gasteiger partial charge is 0.339 e. The molecule has 0 unspecified atom stereocenters. The minimum absolute atomic E-state index is 0.640. The highest BCUT2D eigenvalue weighted by Crippen LogP contribution is 2.18. The Hall–Kier alpha value is -2.89. The maximum Gasteiger partial charge on any atom is 0.153 e. The molecule has 0 atom stereocenters. The molecule has 3 N–H and O–H groups in total. The zero-order valence-electron chi connectivity index (χ0n) is 12.6. The second kappa shape index (κ2) is 6.26. The van der Waals surface area contributed by atoms with E-state index in [0.717, 1.165) is 23.6 Å². The fourth-order valence-electron chi connectivity index (χ4n) is 2.07. The summed E-state index contributed by atoms with van der Waals surface area (Å²) in [4.78, 5) is 8.67. The second-order valence-electron chi connectivity index (χ2n) is 5.03. The summed E-state index contributed by atoms with van der Waals surface area (Å²) in [5, 5.41) is 13.4. The molecule has 3 rings (SSSR count). The van der Waals surface area contributed by atoms with Gasteiger partial charge in [-0.2, -0.15) is 5.10 Å². The van der Waals surface area contributed by atoms with Crippen LogP contribution in [0.25, 0.3) is 0 Å². The predicted octanol–water partition coefficient (Wildman–Crippen LogP) is 3.56. The van der Waals surface area contributed by atoms with E-state index in [9.17, 15) is 0 Å². The first-order valence-electron chi connectivity index (χ1n) is 7.20. The molecule has 0 saturated heterocycles. The summed E-state index contributed by atoms with van der Waals surface area (Å²) in [6, 6.07) is 10.2. The van der Waals surface area contributed by atoms with Crippen LogP contribution in [-0.2, 0) is 6.42 Å². The summed E-state index contributed by atoms with van der Waals surface area (Å²) in [5.74, 6) is 2.04. The van der Waals surface area contributed by atoms with E-state index in [2.05, 4.69) is 49.9 Å². The van der Waals surface area contributed by atoms with Gasteiger partial charge in [-0.3, -0.25) is 10.1 Å². The van der Waals surface area contributed by atoms with Crippen LogP contribution in [0.3, 0.4) is 0 Å². The van der Waals surface area contributed by atoms with Crippen LogP contribution >= 0.6 is 0 Å². The van der Waals surface area contributed by atoms with Crippen LogP contribution in [0.4, 0.5) is 23.1 Å². The third kappa shape index (κ3) is 3.41. The van der Waals surface area contributed by atoms with E-state index >= 15 is 0 Å². The molecular weight excluding hydrogens is 276 g/mol. The zero-order chi connectivity index (χ0) is 15.4. The number of nitrogens with zero attached hydrogens (tertiary/aromatic N) is 3. The maximum atomic E-state index is 4.48. The van der Waals surface area contributed by atoms with Crippen molar-refractivity contribution in [1.29, 1.82) is 0 Å². The number of hydrogen-bond acceptors (Lipinski definition) is 5. The Bertz CT molecular complexity index is 747. The average molecular weight is 294 g/mol. The van der Waals surface area contributed by atoms with Crippen molar-refractivity contribution in [3.63, 3.8) is 0 Å². The molecule has 1 aromatic carbocycles. The fourth-order valence-corrected chi connectivity index (χ4v) is 2.07. The van der Waals surface area contributed by atoms with E-state index < -0.39 is 0 Å². The first kappa shape index (κ1) is 14.1. The van der Waals surface area contributed by atoms with Crippen molar-refractivity contribution in [2.24, 2.45) is 0 Å². The number of rotatable bonds is 5. The maximum absolute atomic E-state index is 4.48. The van der Waals surface area contributed by atoms with Crippen molar-refractivity contribution in [3.05, 3.63) is 54.0 Å². The molecule has 112 valence electrons. The number of aromatic nitrogens is 4. The number of aromatic amines is 1.